The number of rotatable bonds is 5. The molecule has 0 bridgehead atoms. The average Bonchev–Trinajstić information content (AvgIpc) is 2.38. The molecule has 1 aromatic carbocycles. The molecular formula is C12H12ClNO5. The summed E-state index contributed by atoms with van der Waals surface area (Å²) in [5.41, 5.74) is 0.559. The van der Waals surface area contributed by atoms with Crippen LogP contribution in [0.15, 0.2) is 12.1 Å². The highest BCUT2D eigenvalue weighted by Crippen LogP contribution is 2.40. The van der Waals surface area contributed by atoms with Crippen LogP contribution in [-0.4, -0.2) is 30.7 Å². The van der Waals surface area contributed by atoms with E-state index in [0.29, 0.717) is 41.7 Å². The maximum absolute atomic E-state index is 10.8. The first kappa shape index (κ1) is 13.5. The molecule has 0 spiro atoms. The van der Waals surface area contributed by atoms with Crippen molar-refractivity contribution >= 4 is 24.0 Å². The summed E-state index contributed by atoms with van der Waals surface area (Å²) in [5, 5.41) is 11.6. The normalized spacial score (nSPS) is 14.6. The van der Waals surface area contributed by atoms with Crippen LogP contribution in [0.2, 0.25) is 5.02 Å². The molecule has 1 aromatic rings. The smallest absolute Gasteiger partial charge is 0.305 e. The van der Waals surface area contributed by atoms with Crippen LogP contribution in [-0.2, 0) is 9.59 Å². The second kappa shape index (κ2) is 5.79. The van der Waals surface area contributed by atoms with Gasteiger partial charge in [0.25, 0.3) is 0 Å². The van der Waals surface area contributed by atoms with Crippen molar-refractivity contribution in [1.82, 2.24) is 5.32 Å². The molecular weight excluding hydrogens is 274 g/mol. The molecule has 0 aromatic heterocycles. The summed E-state index contributed by atoms with van der Waals surface area (Å²) < 4.78 is 10.8. The van der Waals surface area contributed by atoms with Crippen molar-refractivity contribution in [2.45, 2.75) is 12.5 Å². The molecule has 1 aliphatic rings. The van der Waals surface area contributed by atoms with Gasteiger partial charge >= 0.3 is 5.97 Å². The van der Waals surface area contributed by atoms with Crippen LogP contribution >= 0.6 is 11.6 Å². The van der Waals surface area contributed by atoms with Gasteiger partial charge in [-0.25, -0.2) is 0 Å². The molecule has 0 saturated carbocycles. The molecule has 0 saturated heterocycles. The van der Waals surface area contributed by atoms with Gasteiger partial charge in [0.1, 0.15) is 13.2 Å². The fourth-order valence-electron chi connectivity index (χ4n) is 1.86. The summed E-state index contributed by atoms with van der Waals surface area (Å²) in [7, 11) is 0. The molecule has 0 radical (unpaired) electrons. The van der Waals surface area contributed by atoms with Gasteiger partial charge in [-0.2, -0.15) is 0 Å². The molecule has 1 atom stereocenters. The number of nitrogens with one attached hydrogen (secondary N) is 1. The first-order valence-corrected chi connectivity index (χ1v) is 6.00. The summed E-state index contributed by atoms with van der Waals surface area (Å²) >= 11 is 6.06. The molecule has 1 aliphatic heterocycles. The predicted molar refractivity (Wildman–Crippen MR) is 66.6 cm³/mol. The number of aliphatic carboxylic acids is 1. The number of ether oxygens (including phenoxy) is 2. The van der Waals surface area contributed by atoms with Gasteiger partial charge in [-0.3, -0.25) is 9.59 Å². The number of carboxylic acids is 1. The van der Waals surface area contributed by atoms with E-state index in [-0.39, 0.29) is 6.42 Å². The maximum Gasteiger partial charge on any atom is 0.305 e. The molecule has 6 nitrogen and oxygen atoms in total. The Hall–Kier alpha value is -1.95. The lowest BCUT2D eigenvalue weighted by molar-refractivity contribution is -0.137. The SMILES string of the molecule is O=CNC(CC(=O)O)c1cc(Cl)c2c(c1)OCCO2. The van der Waals surface area contributed by atoms with E-state index in [2.05, 4.69) is 5.32 Å². The molecule has 102 valence electrons. The van der Waals surface area contributed by atoms with Crippen molar-refractivity contribution in [2.75, 3.05) is 13.2 Å². The number of carbonyl (C=O) groups excluding carboxylic acids is 1. The first-order chi connectivity index (χ1) is 9.11. The highest BCUT2D eigenvalue weighted by Gasteiger charge is 2.21. The lowest BCUT2D eigenvalue weighted by Gasteiger charge is -2.22. The van der Waals surface area contributed by atoms with Gasteiger partial charge in [0, 0.05) is 0 Å². The van der Waals surface area contributed by atoms with E-state index in [0.717, 1.165) is 0 Å². The van der Waals surface area contributed by atoms with Crippen LogP contribution in [0.25, 0.3) is 0 Å². The summed E-state index contributed by atoms with van der Waals surface area (Å²) in [6.07, 6.45) is 0.215. The van der Waals surface area contributed by atoms with Crippen molar-refractivity contribution in [3.63, 3.8) is 0 Å². The van der Waals surface area contributed by atoms with Crippen LogP contribution < -0.4 is 14.8 Å². The Labute approximate surface area is 114 Å². The van der Waals surface area contributed by atoms with E-state index in [1.54, 1.807) is 12.1 Å². The number of fused-ring (bicyclic) bond motifs is 1. The Morgan fingerprint density at radius 1 is 1.47 bits per heavy atom. The van der Waals surface area contributed by atoms with Gasteiger partial charge in [0.2, 0.25) is 6.41 Å². The Balaban J connectivity index is 2.34. The standard InChI is InChI=1S/C12H12ClNO5/c13-8-3-7(9(14-6-15)5-11(16)17)4-10-12(8)19-2-1-18-10/h3-4,6,9H,1-2,5H2,(H,14,15)(H,16,17). The first-order valence-electron chi connectivity index (χ1n) is 5.62. The fourth-order valence-corrected chi connectivity index (χ4v) is 2.14. The van der Waals surface area contributed by atoms with E-state index < -0.39 is 12.0 Å². The highest BCUT2D eigenvalue weighted by atomic mass is 35.5. The van der Waals surface area contributed by atoms with Crippen LogP contribution in [0, 0.1) is 0 Å². The molecule has 1 amide bonds. The minimum Gasteiger partial charge on any atom is -0.486 e. The minimum absolute atomic E-state index is 0.241. The number of hydrogen-bond donors (Lipinski definition) is 2. The van der Waals surface area contributed by atoms with E-state index in [4.69, 9.17) is 26.2 Å². The molecule has 0 fully saturated rings. The topological polar surface area (TPSA) is 84.9 Å². The van der Waals surface area contributed by atoms with Crippen LogP contribution in [0.3, 0.4) is 0 Å². The Morgan fingerprint density at radius 3 is 2.89 bits per heavy atom. The van der Waals surface area contributed by atoms with Crippen molar-refractivity contribution in [3.8, 4) is 11.5 Å². The Bertz CT molecular complexity index is 505. The summed E-state index contributed by atoms with van der Waals surface area (Å²) in [6.45, 7) is 0.814. The molecule has 0 aliphatic carbocycles. The van der Waals surface area contributed by atoms with Gasteiger partial charge in [-0.15, -0.1) is 0 Å². The van der Waals surface area contributed by atoms with E-state index in [1.165, 1.54) is 0 Å². The quantitative estimate of drug-likeness (QED) is 0.798. The molecule has 1 unspecified atom stereocenters. The molecule has 1 heterocycles. The summed E-state index contributed by atoms with van der Waals surface area (Å²) in [4.78, 5) is 21.3. The Morgan fingerprint density at radius 2 is 2.21 bits per heavy atom. The molecule has 2 N–H and O–H groups in total. The average molecular weight is 286 g/mol. The van der Waals surface area contributed by atoms with Crippen molar-refractivity contribution in [1.29, 1.82) is 0 Å². The van der Waals surface area contributed by atoms with Gasteiger partial charge in [-0.1, -0.05) is 11.6 Å². The third-order valence-electron chi connectivity index (χ3n) is 2.67. The molecule has 7 heteroatoms. The van der Waals surface area contributed by atoms with Crippen molar-refractivity contribution < 1.29 is 24.2 Å². The van der Waals surface area contributed by atoms with Crippen molar-refractivity contribution in [2.24, 2.45) is 0 Å². The van der Waals surface area contributed by atoms with Gasteiger partial charge in [-0.05, 0) is 17.7 Å². The van der Waals surface area contributed by atoms with Gasteiger partial charge in [0.15, 0.2) is 11.5 Å². The zero-order chi connectivity index (χ0) is 13.8. The summed E-state index contributed by atoms with van der Waals surface area (Å²) in [5.74, 6) is -0.126. The van der Waals surface area contributed by atoms with E-state index in [1.807, 2.05) is 0 Å². The minimum atomic E-state index is -1.02. The monoisotopic (exact) mass is 285 g/mol. The number of amides is 1. The van der Waals surface area contributed by atoms with Crippen LogP contribution in [0.1, 0.15) is 18.0 Å². The van der Waals surface area contributed by atoms with Crippen LogP contribution in [0.4, 0.5) is 0 Å². The number of benzene rings is 1. The maximum atomic E-state index is 10.8. The third kappa shape index (κ3) is 3.08. The fraction of sp³-hybridized carbons (Fsp3) is 0.333. The number of carbonyl (C=O) groups is 2. The summed E-state index contributed by atoms with van der Waals surface area (Å²) in [6, 6.07) is 2.53. The highest BCUT2D eigenvalue weighted by molar-refractivity contribution is 6.32. The number of carboxylic acid groups (broad SMARTS) is 1. The third-order valence-corrected chi connectivity index (χ3v) is 2.95. The van der Waals surface area contributed by atoms with E-state index in [9.17, 15) is 9.59 Å². The Kier molecular flexibility index (Phi) is 4.11. The second-order valence-electron chi connectivity index (χ2n) is 3.96. The van der Waals surface area contributed by atoms with Gasteiger partial charge in [0.05, 0.1) is 17.5 Å². The predicted octanol–water partition coefficient (Wildman–Crippen LogP) is 1.37. The van der Waals surface area contributed by atoms with Crippen LogP contribution in [0.5, 0.6) is 11.5 Å². The lowest BCUT2D eigenvalue weighted by atomic mass is 10.0. The molecule has 2 rings (SSSR count). The van der Waals surface area contributed by atoms with E-state index >= 15 is 0 Å². The number of hydrogen-bond acceptors (Lipinski definition) is 4. The lowest BCUT2D eigenvalue weighted by Crippen LogP contribution is -2.23. The van der Waals surface area contributed by atoms with Gasteiger partial charge < -0.3 is 19.9 Å². The second-order valence-corrected chi connectivity index (χ2v) is 4.37. The zero-order valence-corrected chi connectivity index (χ0v) is 10.6. The largest absolute Gasteiger partial charge is 0.486 e. The number of halogens is 1. The zero-order valence-electron chi connectivity index (χ0n) is 9.89. The molecule has 19 heavy (non-hydrogen) atoms. The van der Waals surface area contributed by atoms with Crippen molar-refractivity contribution in [3.05, 3.63) is 22.7 Å².